The van der Waals surface area contributed by atoms with E-state index in [9.17, 15) is 0 Å². The molecule has 0 unspecified atom stereocenters. The van der Waals surface area contributed by atoms with Crippen LogP contribution in [-0.4, -0.2) is 23.8 Å². The summed E-state index contributed by atoms with van der Waals surface area (Å²) in [7, 11) is 3.27. The molecule has 0 saturated heterocycles. The Morgan fingerprint density at radius 1 is 1.04 bits per heavy atom. The molecule has 2 aromatic carbocycles. The predicted octanol–water partition coefficient (Wildman–Crippen LogP) is 3.12. The van der Waals surface area contributed by atoms with Crippen LogP contribution in [-0.2, 0) is 13.0 Å². The van der Waals surface area contributed by atoms with Crippen molar-refractivity contribution in [2.75, 3.05) is 20.0 Å². The minimum atomic E-state index is 0.704. The largest absolute Gasteiger partial charge is 0.493 e. The van der Waals surface area contributed by atoms with E-state index in [2.05, 4.69) is 9.55 Å². The van der Waals surface area contributed by atoms with E-state index >= 15 is 0 Å². The Balaban J connectivity index is 1.82. The Morgan fingerprint density at radius 3 is 2.58 bits per heavy atom. The third-order valence-electron chi connectivity index (χ3n) is 4.01. The quantitative estimate of drug-likeness (QED) is 0.708. The van der Waals surface area contributed by atoms with Crippen molar-refractivity contribution in [1.29, 1.82) is 0 Å². The number of benzene rings is 2. The van der Waals surface area contributed by atoms with Gasteiger partial charge in [-0.3, -0.25) is 0 Å². The second-order valence-electron chi connectivity index (χ2n) is 5.54. The van der Waals surface area contributed by atoms with Crippen LogP contribution in [0.25, 0.3) is 0 Å². The summed E-state index contributed by atoms with van der Waals surface area (Å²) in [6.45, 7) is 0.704. The minimum absolute atomic E-state index is 0.704. The maximum atomic E-state index is 6.05. The molecule has 3 aromatic rings. The molecule has 24 heavy (non-hydrogen) atoms. The third kappa shape index (κ3) is 3.35. The van der Waals surface area contributed by atoms with Crippen LogP contribution in [0.1, 0.15) is 17.0 Å². The number of methoxy groups -OCH3 is 2. The number of imidazole rings is 1. The van der Waals surface area contributed by atoms with Gasteiger partial charge in [-0.1, -0.05) is 24.3 Å². The van der Waals surface area contributed by atoms with Crippen LogP contribution in [0.5, 0.6) is 11.5 Å². The highest BCUT2D eigenvalue weighted by Crippen LogP contribution is 2.28. The first kappa shape index (κ1) is 15.9. The fraction of sp³-hybridized carbons (Fsp3) is 0.211. The topological polar surface area (TPSA) is 62.3 Å². The highest BCUT2D eigenvalue weighted by molar-refractivity contribution is 5.46. The number of aromatic nitrogens is 2. The van der Waals surface area contributed by atoms with Gasteiger partial charge >= 0.3 is 0 Å². The zero-order valence-electron chi connectivity index (χ0n) is 13.9. The standard InChI is InChI=1S/C19H21N3O2/c1-23-17-8-7-14(11-18(17)24-2)12-19-21-9-10-22(19)13-15-5-3-4-6-16(15)20/h3-11H,12-13,20H2,1-2H3. The van der Waals surface area contributed by atoms with Crippen LogP contribution < -0.4 is 15.2 Å². The van der Waals surface area contributed by atoms with Crippen molar-refractivity contribution in [3.63, 3.8) is 0 Å². The van der Waals surface area contributed by atoms with E-state index in [0.29, 0.717) is 13.0 Å². The summed E-state index contributed by atoms with van der Waals surface area (Å²) in [6, 6.07) is 13.8. The van der Waals surface area contributed by atoms with Gasteiger partial charge in [0.15, 0.2) is 11.5 Å². The van der Waals surface area contributed by atoms with Crippen molar-refractivity contribution in [3.8, 4) is 11.5 Å². The van der Waals surface area contributed by atoms with E-state index < -0.39 is 0 Å². The molecule has 0 aliphatic carbocycles. The summed E-state index contributed by atoms with van der Waals surface area (Å²) in [4.78, 5) is 4.49. The van der Waals surface area contributed by atoms with Gasteiger partial charge in [-0.05, 0) is 29.3 Å². The van der Waals surface area contributed by atoms with Gasteiger partial charge < -0.3 is 19.8 Å². The number of ether oxygens (including phenoxy) is 2. The van der Waals surface area contributed by atoms with E-state index in [0.717, 1.165) is 34.1 Å². The fourth-order valence-electron chi connectivity index (χ4n) is 2.69. The summed E-state index contributed by atoms with van der Waals surface area (Å²) >= 11 is 0. The van der Waals surface area contributed by atoms with Gasteiger partial charge in [-0.2, -0.15) is 0 Å². The maximum absolute atomic E-state index is 6.05. The van der Waals surface area contributed by atoms with Crippen molar-refractivity contribution < 1.29 is 9.47 Å². The molecule has 0 amide bonds. The number of rotatable bonds is 6. The smallest absolute Gasteiger partial charge is 0.161 e. The van der Waals surface area contributed by atoms with Crippen LogP contribution in [0, 0.1) is 0 Å². The maximum Gasteiger partial charge on any atom is 0.161 e. The number of nitrogens with zero attached hydrogens (tertiary/aromatic N) is 2. The minimum Gasteiger partial charge on any atom is -0.493 e. The van der Waals surface area contributed by atoms with E-state index in [4.69, 9.17) is 15.2 Å². The van der Waals surface area contributed by atoms with Gasteiger partial charge in [0.2, 0.25) is 0 Å². The first-order chi connectivity index (χ1) is 11.7. The summed E-state index contributed by atoms with van der Waals surface area (Å²) in [5, 5.41) is 0. The van der Waals surface area contributed by atoms with E-state index in [1.807, 2.05) is 54.9 Å². The molecule has 5 heteroatoms. The van der Waals surface area contributed by atoms with E-state index in [-0.39, 0.29) is 0 Å². The number of hydrogen-bond acceptors (Lipinski definition) is 4. The zero-order chi connectivity index (χ0) is 16.9. The van der Waals surface area contributed by atoms with Gasteiger partial charge in [-0.15, -0.1) is 0 Å². The van der Waals surface area contributed by atoms with Gasteiger partial charge in [0.1, 0.15) is 5.82 Å². The average molecular weight is 323 g/mol. The molecule has 0 radical (unpaired) electrons. The molecule has 3 rings (SSSR count). The van der Waals surface area contributed by atoms with Crippen LogP contribution in [0.2, 0.25) is 0 Å². The molecule has 0 aliphatic rings. The number of hydrogen-bond donors (Lipinski definition) is 1. The van der Waals surface area contributed by atoms with E-state index in [1.54, 1.807) is 14.2 Å². The average Bonchev–Trinajstić information content (AvgIpc) is 3.03. The predicted molar refractivity (Wildman–Crippen MR) is 94.5 cm³/mol. The number of nitrogen functional groups attached to an aromatic ring is 1. The highest BCUT2D eigenvalue weighted by atomic mass is 16.5. The van der Waals surface area contributed by atoms with Crippen molar-refractivity contribution in [2.45, 2.75) is 13.0 Å². The highest BCUT2D eigenvalue weighted by Gasteiger charge is 2.09. The first-order valence-corrected chi connectivity index (χ1v) is 7.75. The molecule has 1 heterocycles. The van der Waals surface area contributed by atoms with Gasteiger partial charge in [0, 0.05) is 24.5 Å². The SMILES string of the molecule is COc1ccc(Cc2nccn2Cc2ccccc2N)cc1OC. The van der Waals surface area contributed by atoms with Gasteiger partial charge in [0.25, 0.3) is 0 Å². The monoisotopic (exact) mass is 323 g/mol. The lowest BCUT2D eigenvalue weighted by Gasteiger charge is -2.12. The Labute approximate surface area is 141 Å². The molecule has 124 valence electrons. The third-order valence-corrected chi connectivity index (χ3v) is 4.01. The van der Waals surface area contributed by atoms with Crippen LogP contribution >= 0.6 is 0 Å². The van der Waals surface area contributed by atoms with Crippen molar-refractivity contribution in [3.05, 3.63) is 71.8 Å². The van der Waals surface area contributed by atoms with Crippen LogP contribution in [0.3, 0.4) is 0 Å². The summed E-state index contributed by atoms with van der Waals surface area (Å²) in [5.74, 6) is 2.42. The van der Waals surface area contributed by atoms with Crippen LogP contribution in [0.15, 0.2) is 54.9 Å². The lowest BCUT2D eigenvalue weighted by atomic mass is 10.1. The molecular weight excluding hydrogens is 302 g/mol. The van der Waals surface area contributed by atoms with Crippen molar-refractivity contribution in [1.82, 2.24) is 9.55 Å². The molecule has 5 nitrogen and oxygen atoms in total. The molecule has 2 N–H and O–H groups in total. The Bertz CT molecular complexity index is 827. The number of anilines is 1. The lowest BCUT2D eigenvalue weighted by molar-refractivity contribution is 0.354. The summed E-state index contributed by atoms with van der Waals surface area (Å²) in [5.41, 5.74) is 9.04. The second kappa shape index (κ2) is 7.08. The second-order valence-corrected chi connectivity index (χ2v) is 5.54. The Kier molecular flexibility index (Phi) is 4.70. The van der Waals surface area contributed by atoms with Gasteiger partial charge in [-0.25, -0.2) is 4.98 Å². The lowest BCUT2D eigenvalue weighted by Crippen LogP contribution is -2.07. The number of para-hydroxylation sites is 1. The molecule has 0 atom stereocenters. The normalized spacial score (nSPS) is 10.6. The van der Waals surface area contributed by atoms with Crippen molar-refractivity contribution >= 4 is 5.69 Å². The molecule has 0 aliphatic heterocycles. The summed E-state index contributed by atoms with van der Waals surface area (Å²) < 4.78 is 12.8. The molecular formula is C19H21N3O2. The van der Waals surface area contributed by atoms with E-state index in [1.165, 1.54) is 0 Å². The molecule has 1 aromatic heterocycles. The molecule has 0 saturated carbocycles. The Hall–Kier alpha value is -2.95. The van der Waals surface area contributed by atoms with Crippen LogP contribution in [0.4, 0.5) is 5.69 Å². The summed E-state index contributed by atoms with van der Waals surface area (Å²) in [6.07, 6.45) is 4.50. The van der Waals surface area contributed by atoms with Crippen molar-refractivity contribution in [2.24, 2.45) is 0 Å². The Morgan fingerprint density at radius 2 is 1.83 bits per heavy atom. The fourth-order valence-corrected chi connectivity index (χ4v) is 2.69. The zero-order valence-corrected chi connectivity index (χ0v) is 13.9. The first-order valence-electron chi connectivity index (χ1n) is 7.75. The number of nitrogens with two attached hydrogens (primary N) is 1. The molecule has 0 fully saturated rings. The molecule has 0 spiro atoms. The molecule has 0 bridgehead atoms. The van der Waals surface area contributed by atoms with Gasteiger partial charge in [0.05, 0.1) is 20.8 Å².